The second-order valence-corrected chi connectivity index (χ2v) is 7.09. The molecule has 2 aromatic rings. The molecule has 0 spiro atoms. The maximum atomic E-state index is 5.86. The van der Waals surface area contributed by atoms with E-state index in [1.807, 2.05) is 24.3 Å². The Balaban J connectivity index is 1.92. The molecule has 1 aliphatic rings. The predicted octanol–water partition coefficient (Wildman–Crippen LogP) is 5.34. The Bertz CT molecular complexity index is 642. The van der Waals surface area contributed by atoms with E-state index < -0.39 is 0 Å². The molecule has 0 fully saturated rings. The maximum absolute atomic E-state index is 5.86. The molecule has 21 heavy (non-hydrogen) atoms. The van der Waals surface area contributed by atoms with Crippen LogP contribution < -0.4 is 9.47 Å². The van der Waals surface area contributed by atoms with Gasteiger partial charge < -0.3 is 9.47 Å². The molecule has 1 aliphatic heterocycles. The van der Waals surface area contributed by atoms with E-state index in [9.17, 15) is 0 Å². The Morgan fingerprint density at radius 1 is 1.05 bits per heavy atom. The third kappa shape index (κ3) is 3.27. The van der Waals surface area contributed by atoms with Crippen LogP contribution in [0.1, 0.15) is 22.9 Å². The molecule has 2 aromatic carbocycles. The zero-order valence-electron chi connectivity index (χ0n) is 11.7. The molecule has 0 saturated carbocycles. The van der Waals surface area contributed by atoms with Crippen molar-refractivity contribution in [2.45, 2.75) is 11.8 Å². The Kier molecular flexibility index (Phi) is 4.55. The molecule has 2 atom stereocenters. The van der Waals surface area contributed by atoms with Gasteiger partial charge in [0, 0.05) is 10.4 Å². The normalized spacial score (nSPS) is 18.9. The van der Waals surface area contributed by atoms with E-state index in [2.05, 4.69) is 57.0 Å². The first kappa shape index (κ1) is 14.9. The lowest BCUT2D eigenvalue weighted by molar-refractivity contribution is 0.228. The molecule has 1 heterocycles. The monoisotopic (exact) mass is 410 g/mol. The molecule has 0 bridgehead atoms. The summed E-state index contributed by atoms with van der Waals surface area (Å²) in [7, 11) is 0. The van der Waals surface area contributed by atoms with E-state index in [-0.39, 0.29) is 4.83 Å². The highest BCUT2D eigenvalue weighted by Crippen LogP contribution is 2.39. The van der Waals surface area contributed by atoms with Crippen LogP contribution in [0, 0.1) is 5.92 Å². The summed E-state index contributed by atoms with van der Waals surface area (Å²) in [6, 6.07) is 14.3. The van der Waals surface area contributed by atoms with Crippen molar-refractivity contribution in [1.82, 2.24) is 0 Å². The summed E-state index contributed by atoms with van der Waals surface area (Å²) in [4.78, 5) is 0.114. The third-order valence-electron chi connectivity index (χ3n) is 3.49. The molecule has 0 N–H and O–H groups in total. The molecular formula is C17H16Br2O2. The minimum absolute atomic E-state index is 0.114. The molecule has 2 unspecified atom stereocenters. The van der Waals surface area contributed by atoms with Gasteiger partial charge in [-0.05, 0) is 29.3 Å². The van der Waals surface area contributed by atoms with Crippen molar-refractivity contribution in [2.75, 3.05) is 13.2 Å². The smallest absolute Gasteiger partial charge is 0.161 e. The largest absolute Gasteiger partial charge is 0.489 e. The third-order valence-corrected chi connectivity index (χ3v) is 5.23. The fourth-order valence-electron chi connectivity index (χ4n) is 2.29. The fraction of sp³-hybridized carbons (Fsp3) is 0.294. The van der Waals surface area contributed by atoms with Crippen LogP contribution in [-0.2, 0) is 0 Å². The molecule has 4 heteroatoms. The highest BCUT2D eigenvalue weighted by Gasteiger charge is 2.19. The highest BCUT2D eigenvalue weighted by molar-refractivity contribution is 9.11. The van der Waals surface area contributed by atoms with E-state index in [0.717, 1.165) is 21.5 Å². The number of hydrogen-bond acceptors (Lipinski definition) is 2. The van der Waals surface area contributed by atoms with Gasteiger partial charge in [-0.15, -0.1) is 0 Å². The quantitative estimate of drug-likeness (QED) is 0.621. The van der Waals surface area contributed by atoms with Crippen LogP contribution in [0.25, 0.3) is 0 Å². The van der Waals surface area contributed by atoms with Gasteiger partial charge in [0.05, 0.1) is 18.0 Å². The second-order valence-electron chi connectivity index (χ2n) is 5.32. The summed E-state index contributed by atoms with van der Waals surface area (Å²) in [6.07, 6.45) is 0. The predicted molar refractivity (Wildman–Crippen MR) is 91.5 cm³/mol. The number of benzene rings is 2. The Morgan fingerprint density at radius 2 is 1.76 bits per heavy atom. The van der Waals surface area contributed by atoms with Crippen molar-refractivity contribution in [1.29, 1.82) is 0 Å². The molecule has 3 rings (SSSR count). The molecular weight excluding hydrogens is 396 g/mol. The SMILES string of the molecule is CC1COc2ccc(C(Br)c3ccccc3Br)cc2OC1. The van der Waals surface area contributed by atoms with Crippen LogP contribution in [0.15, 0.2) is 46.9 Å². The summed E-state index contributed by atoms with van der Waals surface area (Å²) in [5.74, 6) is 2.06. The minimum Gasteiger partial charge on any atom is -0.489 e. The molecule has 0 aromatic heterocycles. The van der Waals surface area contributed by atoms with Crippen LogP contribution in [0.2, 0.25) is 0 Å². The summed E-state index contributed by atoms with van der Waals surface area (Å²) >= 11 is 7.38. The van der Waals surface area contributed by atoms with Crippen molar-refractivity contribution in [2.24, 2.45) is 5.92 Å². The molecule has 0 saturated heterocycles. The van der Waals surface area contributed by atoms with Gasteiger partial charge in [-0.1, -0.05) is 63.0 Å². The van der Waals surface area contributed by atoms with E-state index in [1.165, 1.54) is 5.56 Å². The summed E-state index contributed by atoms with van der Waals surface area (Å²) in [5.41, 5.74) is 2.35. The van der Waals surface area contributed by atoms with Gasteiger partial charge in [0.25, 0.3) is 0 Å². The summed E-state index contributed by atoms with van der Waals surface area (Å²) in [5, 5.41) is 0. The maximum Gasteiger partial charge on any atom is 0.161 e. The Morgan fingerprint density at radius 3 is 2.52 bits per heavy atom. The van der Waals surface area contributed by atoms with Gasteiger partial charge >= 0.3 is 0 Å². The Labute approximate surface area is 141 Å². The lowest BCUT2D eigenvalue weighted by Gasteiger charge is -2.15. The van der Waals surface area contributed by atoms with Gasteiger partial charge in [0.15, 0.2) is 11.5 Å². The first-order chi connectivity index (χ1) is 10.1. The molecule has 2 nitrogen and oxygen atoms in total. The second kappa shape index (κ2) is 6.41. The first-order valence-electron chi connectivity index (χ1n) is 6.93. The first-order valence-corrected chi connectivity index (χ1v) is 8.64. The topological polar surface area (TPSA) is 18.5 Å². The molecule has 0 amide bonds. The number of halogens is 2. The van der Waals surface area contributed by atoms with E-state index in [4.69, 9.17) is 9.47 Å². The van der Waals surface area contributed by atoms with Gasteiger partial charge in [0.2, 0.25) is 0 Å². The van der Waals surface area contributed by atoms with Crippen LogP contribution in [0.4, 0.5) is 0 Å². The van der Waals surface area contributed by atoms with Crippen LogP contribution >= 0.6 is 31.9 Å². The van der Waals surface area contributed by atoms with Gasteiger partial charge in [-0.2, -0.15) is 0 Å². The van der Waals surface area contributed by atoms with E-state index in [0.29, 0.717) is 19.1 Å². The van der Waals surface area contributed by atoms with Crippen molar-refractivity contribution in [3.8, 4) is 11.5 Å². The van der Waals surface area contributed by atoms with Crippen molar-refractivity contribution < 1.29 is 9.47 Å². The lowest BCUT2D eigenvalue weighted by atomic mass is 10.0. The average Bonchev–Trinajstić information content (AvgIpc) is 2.69. The Hall–Kier alpha value is -1.00. The fourth-order valence-corrected chi connectivity index (χ4v) is 3.79. The standard InChI is InChI=1S/C17H16Br2O2/c1-11-9-20-15-7-6-12(8-16(15)21-10-11)17(19)13-4-2-3-5-14(13)18/h2-8,11,17H,9-10H2,1H3. The van der Waals surface area contributed by atoms with Crippen molar-refractivity contribution >= 4 is 31.9 Å². The number of rotatable bonds is 2. The minimum atomic E-state index is 0.114. The lowest BCUT2D eigenvalue weighted by Crippen LogP contribution is -2.12. The van der Waals surface area contributed by atoms with Crippen molar-refractivity contribution in [3.05, 3.63) is 58.1 Å². The van der Waals surface area contributed by atoms with Crippen LogP contribution in [-0.4, -0.2) is 13.2 Å². The van der Waals surface area contributed by atoms with Crippen molar-refractivity contribution in [3.63, 3.8) is 0 Å². The van der Waals surface area contributed by atoms with Gasteiger partial charge in [-0.25, -0.2) is 0 Å². The number of alkyl halides is 1. The van der Waals surface area contributed by atoms with Gasteiger partial charge in [-0.3, -0.25) is 0 Å². The summed E-state index contributed by atoms with van der Waals surface area (Å²) < 4.78 is 12.7. The molecule has 110 valence electrons. The van der Waals surface area contributed by atoms with Gasteiger partial charge in [0.1, 0.15) is 0 Å². The molecule has 0 radical (unpaired) electrons. The number of hydrogen-bond donors (Lipinski definition) is 0. The zero-order valence-corrected chi connectivity index (χ0v) is 14.9. The number of fused-ring (bicyclic) bond motifs is 1. The highest BCUT2D eigenvalue weighted by atomic mass is 79.9. The van der Waals surface area contributed by atoms with Crippen LogP contribution in [0.5, 0.6) is 11.5 Å². The van der Waals surface area contributed by atoms with E-state index >= 15 is 0 Å². The van der Waals surface area contributed by atoms with Crippen LogP contribution in [0.3, 0.4) is 0 Å². The average molecular weight is 412 g/mol. The zero-order chi connectivity index (χ0) is 14.8. The summed E-state index contributed by atoms with van der Waals surface area (Å²) in [6.45, 7) is 3.52. The van der Waals surface area contributed by atoms with E-state index in [1.54, 1.807) is 0 Å². The molecule has 0 aliphatic carbocycles. The number of ether oxygens (including phenoxy) is 2.